The van der Waals surface area contributed by atoms with E-state index in [1.165, 1.54) is 29.8 Å². The van der Waals surface area contributed by atoms with Crippen LogP contribution in [0.25, 0.3) is 28.1 Å². The van der Waals surface area contributed by atoms with Crippen LogP contribution in [0.15, 0.2) is 48.5 Å². The lowest BCUT2D eigenvalue weighted by atomic mass is 9.97. The SMILES string of the molecule is COC(=O)C=Cc1cc(OC)ccc1-c1cccc2cc3n(c12)CCNCC3. The van der Waals surface area contributed by atoms with E-state index in [4.69, 9.17) is 9.47 Å². The summed E-state index contributed by atoms with van der Waals surface area (Å²) < 4.78 is 12.6. The average molecular weight is 376 g/mol. The zero-order valence-corrected chi connectivity index (χ0v) is 16.2. The molecule has 0 aliphatic carbocycles. The Morgan fingerprint density at radius 1 is 1.11 bits per heavy atom. The minimum Gasteiger partial charge on any atom is -0.497 e. The highest BCUT2D eigenvalue weighted by atomic mass is 16.5. The molecular weight excluding hydrogens is 352 g/mol. The second-order valence-corrected chi connectivity index (χ2v) is 6.84. The van der Waals surface area contributed by atoms with E-state index in [0.29, 0.717) is 0 Å². The number of carbonyl (C=O) groups excluding carboxylic acids is 1. The summed E-state index contributed by atoms with van der Waals surface area (Å²) in [6.45, 7) is 2.91. The molecule has 0 unspecified atom stereocenters. The van der Waals surface area contributed by atoms with Gasteiger partial charge in [-0.1, -0.05) is 24.3 Å². The van der Waals surface area contributed by atoms with Crippen LogP contribution in [-0.2, 0) is 22.5 Å². The summed E-state index contributed by atoms with van der Waals surface area (Å²) in [5.41, 5.74) is 5.72. The number of ether oxygens (including phenoxy) is 2. The number of hydrogen-bond acceptors (Lipinski definition) is 4. The molecular formula is C23H24N2O3. The van der Waals surface area contributed by atoms with Crippen molar-refractivity contribution >= 4 is 22.9 Å². The van der Waals surface area contributed by atoms with Gasteiger partial charge in [0.1, 0.15) is 5.75 Å². The van der Waals surface area contributed by atoms with Crippen molar-refractivity contribution in [2.75, 3.05) is 27.3 Å². The van der Waals surface area contributed by atoms with E-state index in [1.807, 2.05) is 12.1 Å². The summed E-state index contributed by atoms with van der Waals surface area (Å²) in [6.07, 6.45) is 4.25. The monoisotopic (exact) mass is 376 g/mol. The van der Waals surface area contributed by atoms with Crippen LogP contribution in [0.2, 0.25) is 0 Å². The van der Waals surface area contributed by atoms with Gasteiger partial charge in [0.05, 0.1) is 19.7 Å². The molecule has 1 N–H and O–H groups in total. The van der Waals surface area contributed by atoms with Gasteiger partial charge in [0.2, 0.25) is 0 Å². The largest absolute Gasteiger partial charge is 0.497 e. The van der Waals surface area contributed by atoms with Gasteiger partial charge in [0.15, 0.2) is 0 Å². The van der Waals surface area contributed by atoms with Crippen molar-refractivity contribution in [3.63, 3.8) is 0 Å². The molecule has 0 atom stereocenters. The smallest absolute Gasteiger partial charge is 0.330 e. The molecule has 2 heterocycles. The molecule has 4 rings (SSSR count). The minimum absolute atomic E-state index is 0.380. The van der Waals surface area contributed by atoms with Crippen LogP contribution in [0.4, 0.5) is 0 Å². The van der Waals surface area contributed by atoms with Gasteiger partial charge in [-0.05, 0) is 35.4 Å². The normalized spacial score (nSPS) is 14.1. The van der Waals surface area contributed by atoms with E-state index < -0.39 is 0 Å². The standard InChI is InChI=1S/C23H24N2O3/c1-27-19-7-8-20(16(15-19)6-9-22(26)28-2)21-5-3-4-17-14-18-10-11-24-12-13-25(18)23(17)21/h3-9,14-15,24H,10-13H2,1-2H3. The quantitative estimate of drug-likeness (QED) is 0.558. The molecule has 1 aliphatic rings. The van der Waals surface area contributed by atoms with Gasteiger partial charge in [-0.2, -0.15) is 0 Å². The predicted molar refractivity (Wildman–Crippen MR) is 112 cm³/mol. The molecule has 2 aromatic carbocycles. The van der Waals surface area contributed by atoms with Crippen LogP contribution < -0.4 is 10.1 Å². The number of nitrogens with zero attached hydrogens (tertiary/aromatic N) is 1. The van der Waals surface area contributed by atoms with Crippen LogP contribution in [0.5, 0.6) is 5.75 Å². The number of esters is 1. The van der Waals surface area contributed by atoms with Gasteiger partial charge in [-0.15, -0.1) is 0 Å². The highest BCUT2D eigenvalue weighted by Crippen LogP contribution is 2.35. The van der Waals surface area contributed by atoms with Crippen molar-refractivity contribution in [3.8, 4) is 16.9 Å². The third kappa shape index (κ3) is 3.41. The Kier molecular flexibility index (Phi) is 5.17. The predicted octanol–water partition coefficient (Wildman–Crippen LogP) is 3.65. The van der Waals surface area contributed by atoms with E-state index in [-0.39, 0.29) is 5.97 Å². The fourth-order valence-corrected chi connectivity index (χ4v) is 3.87. The third-order valence-electron chi connectivity index (χ3n) is 5.23. The summed E-state index contributed by atoms with van der Waals surface area (Å²) in [5.74, 6) is 0.369. The topological polar surface area (TPSA) is 52.5 Å². The Labute approximate surface area is 164 Å². The van der Waals surface area contributed by atoms with Gasteiger partial charge >= 0.3 is 5.97 Å². The van der Waals surface area contributed by atoms with Crippen LogP contribution in [-0.4, -0.2) is 37.8 Å². The molecule has 0 saturated heterocycles. The minimum atomic E-state index is -0.380. The molecule has 0 fully saturated rings. The van der Waals surface area contributed by atoms with Gasteiger partial charge < -0.3 is 19.4 Å². The first-order valence-electron chi connectivity index (χ1n) is 9.47. The molecule has 0 amide bonds. The Hall–Kier alpha value is -3.05. The maximum absolute atomic E-state index is 11.6. The van der Waals surface area contributed by atoms with Crippen LogP contribution >= 0.6 is 0 Å². The van der Waals surface area contributed by atoms with E-state index in [0.717, 1.165) is 48.5 Å². The number of aromatic nitrogens is 1. The molecule has 0 saturated carbocycles. The number of methoxy groups -OCH3 is 2. The summed E-state index contributed by atoms with van der Waals surface area (Å²) in [7, 11) is 3.02. The first-order valence-corrected chi connectivity index (χ1v) is 9.47. The highest BCUT2D eigenvalue weighted by molar-refractivity contribution is 5.98. The zero-order valence-electron chi connectivity index (χ0n) is 16.2. The zero-order chi connectivity index (χ0) is 19.5. The molecule has 1 aromatic heterocycles. The molecule has 3 aromatic rings. The van der Waals surface area contributed by atoms with Crippen LogP contribution in [0, 0.1) is 0 Å². The molecule has 1 aliphatic heterocycles. The Bertz CT molecular complexity index is 1050. The summed E-state index contributed by atoms with van der Waals surface area (Å²) in [4.78, 5) is 11.6. The van der Waals surface area contributed by atoms with Crippen molar-refractivity contribution in [1.82, 2.24) is 9.88 Å². The fraction of sp³-hybridized carbons (Fsp3) is 0.261. The first kappa shape index (κ1) is 18.3. The molecule has 5 heteroatoms. The average Bonchev–Trinajstić information content (AvgIpc) is 2.93. The highest BCUT2D eigenvalue weighted by Gasteiger charge is 2.16. The van der Waals surface area contributed by atoms with Crippen molar-refractivity contribution in [3.05, 3.63) is 59.8 Å². The Morgan fingerprint density at radius 2 is 2.00 bits per heavy atom. The van der Waals surface area contributed by atoms with E-state index in [1.54, 1.807) is 13.2 Å². The molecule has 0 radical (unpaired) electrons. The third-order valence-corrected chi connectivity index (χ3v) is 5.23. The number of carbonyl (C=O) groups is 1. The number of hydrogen-bond donors (Lipinski definition) is 1. The van der Waals surface area contributed by atoms with E-state index >= 15 is 0 Å². The van der Waals surface area contributed by atoms with Crippen molar-refractivity contribution in [2.24, 2.45) is 0 Å². The van der Waals surface area contributed by atoms with Gasteiger partial charge in [-0.25, -0.2) is 4.79 Å². The number of benzene rings is 2. The molecule has 28 heavy (non-hydrogen) atoms. The van der Waals surface area contributed by atoms with Gasteiger partial charge in [0.25, 0.3) is 0 Å². The lowest BCUT2D eigenvalue weighted by molar-refractivity contribution is -0.134. The maximum Gasteiger partial charge on any atom is 0.330 e. The van der Waals surface area contributed by atoms with Crippen molar-refractivity contribution in [2.45, 2.75) is 13.0 Å². The van der Waals surface area contributed by atoms with Crippen molar-refractivity contribution in [1.29, 1.82) is 0 Å². The Balaban J connectivity index is 1.91. The summed E-state index contributed by atoms with van der Waals surface area (Å²) in [5, 5.41) is 4.71. The summed E-state index contributed by atoms with van der Waals surface area (Å²) in [6, 6.07) is 14.7. The van der Waals surface area contributed by atoms with Crippen molar-refractivity contribution < 1.29 is 14.3 Å². The lowest BCUT2D eigenvalue weighted by Crippen LogP contribution is -2.17. The second-order valence-electron chi connectivity index (χ2n) is 6.84. The number of para-hydroxylation sites is 1. The van der Waals surface area contributed by atoms with E-state index in [2.05, 4.69) is 40.2 Å². The van der Waals surface area contributed by atoms with Crippen LogP contribution in [0.3, 0.4) is 0 Å². The fourth-order valence-electron chi connectivity index (χ4n) is 3.87. The van der Waals surface area contributed by atoms with E-state index in [9.17, 15) is 4.79 Å². The number of nitrogens with one attached hydrogen (secondary N) is 1. The number of rotatable bonds is 4. The van der Waals surface area contributed by atoms with Gasteiger partial charge in [-0.3, -0.25) is 0 Å². The molecule has 5 nitrogen and oxygen atoms in total. The maximum atomic E-state index is 11.6. The molecule has 144 valence electrons. The van der Waals surface area contributed by atoms with Gasteiger partial charge in [0, 0.05) is 48.8 Å². The molecule has 0 spiro atoms. The summed E-state index contributed by atoms with van der Waals surface area (Å²) >= 11 is 0. The molecule has 0 bridgehead atoms. The lowest BCUT2D eigenvalue weighted by Gasteiger charge is -2.14. The first-order chi connectivity index (χ1) is 13.7. The number of fused-ring (bicyclic) bond motifs is 3. The van der Waals surface area contributed by atoms with Crippen LogP contribution in [0.1, 0.15) is 11.3 Å². The Morgan fingerprint density at radius 3 is 2.82 bits per heavy atom. The second kappa shape index (κ2) is 7.90.